The van der Waals surface area contributed by atoms with Gasteiger partial charge in [0.25, 0.3) is 6.71 Å². The lowest BCUT2D eigenvalue weighted by Gasteiger charge is -2.20. The van der Waals surface area contributed by atoms with Crippen molar-refractivity contribution in [3.63, 3.8) is 0 Å². The molecule has 1 saturated heterocycles. The third-order valence-corrected chi connectivity index (χ3v) is 5.54. The molecule has 4 nitrogen and oxygen atoms in total. The van der Waals surface area contributed by atoms with E-state index in [2.05, 4.69) is 28.8 Å². The van der Waals surface area contributed by atoms with Crippen LogP contribution in [0.25, 0.3) is 0 Å². The van der Waals surface area contributed by atoms with Crippen molar-refractivity contribution in [1.82, 2.24) is 0 Å². The number of nitrogens with zero attached hydrogens (tertiary/aromatic N) is 2. The van der Waals surface area contributed by atoms with Gasteiger partial charge < -0.3 is 4.74 Å². The number of aliphatic imine (C=N–C) groups is 1. The Bertz CT molecular complexity index is 671. The molecule has 1 heterocycles. The first-order valence-corrected chi connectivity index (χ1v) is 9.03. The van der Waals surface area contributed by atoms with Gasteiger partial charge >= 0.3 is 5.97 Å². The van der Waals surface area contributed by atoms with E-state index >= 15 is 0 Å². The summed E-state index contributed by atoms with van der Waals surface area (Å²) in [6.45, 7) is 4.10. The second-order valence-corrected chi connectivity index (χ2v) is 7.24. The van der Waals surface area contributed by atoms with Crippen LogP contribution in [0.4, 0.5) is 0 Å². The van der Waals surface area contributed by atoms with Crippen LogP contribution in [0.15, 0.2) is 33.7 Å². The largest absolute Gasteiger partial charge is 0.468 e. The highest BCUT2D eigenvalue weighted by Gasteiger charge is 2.33. The smallest absolute Gasteiger partial charge is 0.318 e. The molecule has 2 rings (SSSR count). The Hall–Kier alpha value is -1.61. The third kappa shape index (κ3) is 4.27. The number of ether oxygens (including phenoxy) is 1. The quantitative estimate of drug-likeness (QED) is 0.432. The lowest BCUT2D eigenvalue weighted by Crippen LogP contribution is -2.24. The Balaban J connectivity index is 2.25. The monoisotopic (exact) mass is 388 g/mol. The van der Waals surface area contributed by atoms with Gasteiger partial charge in [-0.25, -0.2) is 5.26 Å². The number of esters is 1. The summed E-state index contributed by atoms with van der Waals surface area (Å²) in [4.78, 5) is 17.1. The van der Waals surface area contributed by atoms with Crippen molar-refractivity contribution in [3.8, 4) is 5.97 Å². The molecule has 0 saturated carbocycles. The minimum absolute atomic E-state index is 0.0954. The zero-order valence-corrected chi connectivity index (χ0v) is 15.9. The van der Waals surface area contributed by atoms with Crippen molar-refractivity contribution in [2.75, 3.05) is 7.11 Å². The van der Waals surface area contributed by atoms with Gasteiger partial charge in [-0.1, -0.05) is 53.2 Å². The molecular formula is C18H22BBrN2O2. The SMILES string of the molecule is COC(=O)[C@H](C(C)=N[C@H](C)C1CCB(C#N)C1)c1ccccc1Br. The molecule has 126 valence electrons. The van der Waals surface area contributed by atoms with Gasteiger partial charge in [0.05, 0.1) is 7.11 Å². The van der Waals surface area contributed by atoms with Crippen LogP contribution in [0, 0.1) is 17.1 Å². The standard InChI is InChI=1S/C18H22BBrN2O2/c1-12(14-8-9-19(10-14)11-21)22-13(2)17(18(23)24-3)15-6-4-5-7-16(15)20/h4-7,12,14,17H,8-10H2,1-3H3/t12-,14?,17-/m1/s1. The fraction of sp³-hybridized carbons (Fsp3) is 0.500. The van der Waals surface area contributed by atoms with E-state index < -0.39 is 5.92 Å². The molecule has 24 heavy (non-hydrogen) atoms. The average molecular weight is 389 g/mol. The molecule has 1 unspecified atom stereocenters. The molecule has 0 aliphatic carbocycles. The van der Waals surface area contributed by atoms with Crippen LogP contribution >= 0.6 is 15.9 Å². The molecule has 0 spiro atoms. The van der Waals surface area contributed by atoms with Gasteiger partial charge in [-0.2, -0.15) is 0 Å². The van der Waals surface area contributed by atoms with Crippen molar-refractivity contribution in [2.45, 2.75) is 44.9 Å². The number of carbonyl (C=O) groups is 1. The Morgan fingerprint density at radius 3 is 2.79 bits per heavy atom. The normalized spacial score (nSPS) is 20.4. The van der Waals surface area contributed by atoms with E-state index in [0.717, 1.165) is 34.8 Å². The van der Waals surface area contributed by atoms with Gasteiger partial charge in [-0.05, 0) is 31.4 Å². The van der Waals surface area contributed by atoms with Crippen LogP contribution in [-0.2, 0) is 9.53 Å². The second kappa shape index (κ2) is 8.48. The van der Waals surface area contributed by atoms with Gasteiger partial charge in [0.1, 0.15) is 5.92 Å². The fourth-order valence-corrected chi connectivity index (χ4v) is 3.94. The maximum Gasteiger partial charge on any atom is 0.318 e. The summed E-state index contributed by atoms with van der Waals surface area (Å²) >= 11 is 3.51. The highest BCUT2D eigenvalue weighted by molar-refractivity contribution is 9.10. The number of halogens is 1. The van der Waals surface area contributed by atoms with Gasteiger partial charge in [0, 0.05) is 22.2 Å². The molecule has 0 aromatic heterocycles. The van der Waals surface area contributed by atoms with E-state index in [1.807, 2.05) is 31.2 Å². The molecule has 1 aliphatic rings. The Labute approximate surface area is 152 Å². The molecule has 1 aromatic rings. The topological polar surface area (TPSA) is 62.4 Å². The minimum atomic E-state index is -0.513. The zero-order valence-electron chi connectivity index (χ0n) is 14.3. The summed E-state index contributed by atoms with van der Waals surface area (Å²) in [7, 11) is 1.40. The van der Waals surface area contributed by atoms with E-state index in [1.165, 1.54) is 7.11 Å². The van der Waals surface area contributed by atoms with Crippen molar-refractivity contribution in [1.29, 1.82) is 5.26 Å². The summed E-state index contributed by atoms with van der Waals surface area (Å²) < 4.78 is 5.87. The highest BCUT2D eigenvalue weighted by atomic mass is 79.9. The minimum Gasteiger partial charge on any atom is -0.468 e. The first kappa shape index (κ1) is 18.7. The molecule has 6 heteroatoms. The van der Waals surface area contributed by atoms with Crippen LogP contribution in [0.2, 0.25) is 12.6 Å². The number of benzene rings is 1. The van der Waals surface area contributed by atoms with Gasteiger partial charge in [0.2, 0.25) is 0 Å². The molecule has 1 aromatic carbocycles. The van der Waals surface area contributed by atoms with Crippen LogP contribution < -0.4 is 0 Å². The van der Waals surface area contributed by atoms with Crippen molar-refractivity contribution < 1.29 is 9.53 Å². The van der Waals surface area contributed by atoms with E-state index in [9.17, 15) is 4.79 Å². The molecule has 1 aliphatic heterocycles. The molecule has 1 fully saturated rings. The van der Waals surface area contributed by atoms with E-state index in [1.54, 1.807) is 0 Å². The number of hydrogen-bond acceptors (Lipinski definition) is 4. The summed E-state index contributed by atoms with van der Waals surface area (Å²) in [5.74, 6) is 1.94. The molecule has 0 bridgehead atoms. The van der Waals surface area contributed by atoms with Crippen LogP contribution in [0.3, 0.4) is 0 Å². The fourth-order valence-electron chi connectivity index (χ4n) is 3.42. The van der Waals surface area contributed by atoms with Crippen molar-refractivity contribution in [2.24, 2.45) is 10.9 Å². The van der Waals surface area contributed by atoms with Gasteiger partial charge in [0.15, 0.2) is 0 Å². The number of rotatable bonds is 5. The molecule has 0 amide bonds. The summed E-state index contributed by atoms with van der Waals surface area (Å²) in [6.07, 6.45) is 2.87. The van der Waals surface area contributed by atoms with E-state index in [4.69, 9.17) is 15.0 Å². The first-order chi connectivity index (χ1) is 11.5. The second-order valence-electron chi connectivity index (χ2n) is 6.39. The lowest BCUT2D eigenvalue weighted by molar-refractivity contribution is -0.140. The number of methoxy groups -OCH3 is 1. The average Bonchev–Trinajstić information content (AvgIpc) is 3.06. The maximum atomic E-state index is 12.3. The molecular weight excluding hydrogens is 367 g/mol. The van der Waals surface area contributed by atoms with E-state index in [0.29, 0.717) is 5.92 Å². The van der Waals surface area contributed by atoms with Crippen LogP contribution in [0.1, 0.15) is 31.7 Å². The van der Waals surface area contributed by atoms with Crippen LogP contribution in [-0.4, -0.2) is 31.5 Å². The third-order valence-electron chi connectivity index (χ3n) is 4.82. The Morgan fingerprint density at radius 2 is 2.21 bits per heavy atom. The molecule has 0 radical (unpaired) electrons. The Kier molecular flexibility index (Phi) is 6.62. The Morgan fingerprint density at radius 1 is 1.50 bits per heavy atom. The van der Waals surface area contributed by atoms with E-state index in [-0.39, 0.29) is 18.7 Å². The highest BCUT2D eigenvalue weighted by Crippen LogP contribution is 2.32. The number of hydrogen-bond donors (Lipinski definition) is 0. The van der Waals surface area contributed by atoms with Crippen molar-refractivity contribution >= 4 is 34.3 Å². The predicted octanol–water partition coefficient (Wildman–Crippen LogP) is 4.13. The zero-order chi connectivity index (χ0) is 17.7. The van der Waals surface area contributed by atoms with Gasteiger partial charge in [-0.3, -0.25) is 9.79 Å². The predicted molar refractivity (Wildman–Crippen MR) is 101 cm³/mol. The summed E-state index contributed by atoms with van der Waals surface area (Å²) in [6, 6.07) is 7.74. The number of carbonyl (C=O) groups excluding carboxylic acids is 1. The lowest BCUT2D eigenvalue weighted by atomic mass is 9.49. The number of nitriles is 1. The first-order valence-electron chi connectivity index (χ1n) is 8.24. The summed E-state index contributed by atoms with van der Waals surface area (Å²) in [5, 5.41) is 9.07. The van der Waals surface area contributed by atoms with Gasteiger partial charge in [-0.15, -0.1) is 0 Å². The molecule has 0 N–H and O–H groups in total. The summed E-state index contributed by atoms with van der Waals surface area (Å²) in [5.41, 5.74) is 1.61. The van der Waals surface area contributed by atoms with Crippen molar-refractivity contribution in [3.05, 3.63) is 34.3 Å². The molecule has 3 atom stereocenters. The van der Waals surface area contributed by atoms with Crippen LogP contribution in [0.5, 0.6) is 0 Å². The maximum absolute atomic E-state index is 12.3.